The lowest BCUT2D eigenvalue weighted by Crippen LogP contribution is -2.38. The lowest BCUT2D eigenvalue weighted by molar-refractivity contribution is -0.147. The number of rotatable bonds is 24. The molecule has 0 rings (SSSR count). The molecule has 0 atom stereocenters. The van der Waals surface area contributed by atoms with Crippen molar-refractivity contribution >= 4 is 11.9 Å². The lowest BCUT2D eigenvalue weighted by atomic mass is 9.85. The molecule has 0 aromatic carbocycles. The van der Waals surface area contributed by atoms with Crippen molar-refractivity contribution in [1.29, 1.82) is 0 Å². The Hall–Kier alpha value is -1.18. The van der Waals surface area contributed by atoms with Gasteiger partial charge in [0.05, 0.1) is 38.4 Å². The summed E-state index contributed by atoms with van der Waals surface area (Å²) in [4.78, 5) is 23.6. The molecule has 0 fully saturated rings. The van der Waals surface area contributed by atoms with Crippen LogP contribution in [0.25, 0.3) is 0 Å². The summed E-state index contributed by atoms with van der Waals surface area (Å²) in [5.74, 6) is -0.618. The SMILES string of the molecule is CCCOCCOCCOCCNC(=O)C(C)(C)CCCCCCCCCCC(C)(C)C(=O)O. The fourth-order valence-electron chi connectivity index (χ4n) is 3.58. The van der Waals surface area contributed by atoms with Gasteiger partial charge in [0, 0.05) is 18.6 Å². The molecule has 0 aliphatic heterocycles. The molecule has 34 heavy (non-hydrogen) atoms. The number of carbonyl (C=O) groups excluding carboxylic acids is 1. The number of hydrogen-bond donors (Lipinski definition) is 2. The molecule has 2 N–H and O–H groups in total. The van der Waals surface area contributed by atoms with Gasteiger partial charge in [0.15, 0.2) is 0 Å². The van der Waals surface area contributed by atoms with Gasteiger partial charge in [-0.15, -0.1) is 0 Å². The Morgan fingerprint density at radius 1 is 0.647 bits per heavy atom. The Kier molecular flexibility index (Phi) is 19.4. The molecule has 0 aromatic heterocycles. The van der Waals surface area contributed by atoms with Crippen molar-refractivity contribution in [3.8, 4) is 0 Å². The molecule has 202 valence electrons. The van der Waals surface area contributed by atoms with Gasteiger partial charge >= 0.3 is 5.97 Å². The van der Waals surface area contributed by atoms with Crippen LogP contribution in [0.1, 0.15) is 105 Å². The van der Waals surface area contributed by atoms with Crippen LogP contribution in [-0.2, 0) is 23.8 Å². The zero-order chi connectivity index (χ0) is 25.7. The number of nitrogens with one attached hydrogen (secondary N) is 1. The first-order valence-electron chi connectivity index (χ1n) is 13.4. The number of amides is 1. The summed E-state index contributed by atoms with van der Waals surface area (Å²) in [6, 6.07) is 0. The molecule has 0 aromatic rings. The van der Waals surface area contributed by atoms with Crippen LogP contribution in [0.5, 0.6) is 0 Å². The molecular formula is C27H53NO6. The van der Waals surface area contributed by atoms with Crippen molar-refractivity contribution in [1.82, 2.24) is 5.32 Å². The fraction of sp³-hybridized carbons (Fsp3) is 0.926. The Bertz CT molecular complexity index is 521. The highest BCUT2D eigenvalue weighted by atomic mass is 16.5. The minimum atomic E-state index is -0.706. The highest BCUT2D eigenvalue weighted by Crippen LogP contribution is 2.25. The zero-order valence-corrected chi connectivity index (χ0v) is 22.7. The number of carboxylic acid groups (broad SMARTS) is 1. The van der Waals surface area contributed by atoms with E-state index in [0.29, 0.717) is 39.6 Å². The van der Waals surface area contributed by atoms with Crippen molar-refractivity contribution in [2.24, 2.45) is 10.8 Å². The molecule has 0 aliphatic rings. The third-order valence-electron chi connectivity index (χ3n) is 6.17. The number of ether oxygens (including phenoxy) is 3. The minimum Gasteiger partial charge on any atom is -0.481 e. The highest BCUT2D eigenvalue weighted by molar-refractivity contribution is 5.81. The molecule has 7 nitrogen and oxygen atoms in total. The van der Waals surface area contributed by atoms with E-state index in [0.717, 1.165) is 51.6 Å². The maximum Gasteiger partial charge on any atom is 0.309 e. The molecular weight excluding hydrogens is 434 g/mol. The van der Waals surface area contributed by atoms with E-state index in [1.54, 1.807) is 13.8 Å². The second-order valence-electron chi connectivity index (χ2n) is 10.5. The third-order valence-corrected chi connectivity index (χ3v) is 6.17. The average Bonchev–Trinajstić information content (AvgIpc) is 2.78. The van der Waals surface area contributed by atoms with E-state index in [1.165, 1.54) is 25.7 Å². The predicted molar refractivity (Wildman–Crippen MR) is 137 cm³/mol. The molecule has 0 heterocycles. The first-order chi connectivity index (χ1) is 16.1. The number of aliphatic carboxylic acids is 1. The third kappa shape index (κ3) is 18.2. The monoisotopic (exact) mass is 487 g/mol. The van der Waals surface area contributed by atoms with Gasteiger partial charge in [-0.05, 0) is 33.1 Å². The van der Waals surface area contributed by atoms with E-state index in [4.69, 9.17) is 19.3 Å². The summed E-state index contributed by atoms with van der Waals surface area (Å²) >= 11 is 0. The lowest BCUT2D eigenvalue weighted by Gasteiger charge is -2.23. The van der Waals surface area contributed by atoms with Crippen molar-refractivity contribution in [2.45, 2.75) is 105 Å². The highest BCUT2D eigenvalue weighted by Gasteiger charge is 2.27. The second kappa shape index (κ2) is 20.1. The summed E-state index contributed by atoms with van der Waals surface area (Å²) in [5, 5.41) is 12.1. The van der Waals surface area contributed by atoms with Crippen LogP contribution in [0.3, 0.4) is 0 Å². The van der Waals surface area contributed by atoms with Gasteiger partial charge in [0.1, 0.15) is 0 Å². The van der Waals surface area contributed by atoms with Crippen LogP contribution in [-0.4, -0.2) is 63.2 Å². The molecule has 0 radical (unpaired) electrons. The average molecular weight is 488 g/mol. The Balaban J connectivity index is 3.58. The van der Waals surface area contributed by atoms with Crippen LogP contribution < -0.4 is 5.32 Å². The summed E-state index contributed by atoms with van der Waals surface area (Å²) < 4.78 is 16.3. The standard InChI is InChI=1S/C27H53NO6/c1-6-18-32-20-22-34-23-21-33-19-17-28-24(29)26(2,3)15-13-11-9-7-8-10-12-14-16-27(4,5)25(30)31/h6-23H2,1-5H3,(H,28,29)(H,30,31). The quantitative estimate of drug-likeness (QED) is 0.172. The van der Waals surface area contributed by atoms with Gasteiger partial charge in [-0.1, -0.05) is 72.1 Å². The van der Waals surface area contributed by atoms with E-state index in [2.05, 4.69) is 12.2 Å². The van der Waals surface area contributed by atoms with Gasteiger partial charge in [-0.2, -0.15) is 0 Å². The molecule has 0 spiro atoms. The molecule has 0 saturated heterocycles. The summed E-state index contributed by atoms with van der Waals surface area (Å²) in [7, 11) is 0. The van der Waals surface area contributed by atoms with E-state index in [-0.39, 0.29) is 11.3 Å². The second-order valence-corrected chi connectivity index (χ2v) is 10.5. The van der Waals surface area contributed by atoms with E-state index < -0.39 is 11.4 Å². The zero-order valence-electron chi connectivity index (χ0n) is 22.7. The van der Waals surface area contributed by atoms with Crippen molar-refractivity contribution in [2.75, 3.05) is 46.2 Å². The molecule has 0 saturated carbocycles. The van der Waals surface area contributed by atoms with Gasteiger partial charge in [0.2, 0.25) is 5.91 Å². The minimum absolute atomic E-state index is 0.0877. The topological polar surface area (TPSA) is 94.1 Å². The first-order valence-corrected chi connectivity index (χ1v) is 13.4. The molecule has 7 heteroatoms. The molecule has 1 amide bonds. The van der Waals surface area contributed by atoms with Gasteiger partial charge in [-0.25, -0.2) is 0 Å². The van der Waals surface area contributed by atoms with Gasteiger partial charge in [0.25, 0.3) is 0 Å². The summed E-state index contributed by atoms with van der Waals surface area (Å²) in [6.07, 6.45) is 11.7. The van der Waals surface area contributed by atoms with Crippen molar-refractivity contribution in [3.05, 3.63) is 0 Å². The number of hydrogen-bond acceptors (Lipinski definition) is 5. The summed E-state index contributed by atoms with van der Waals surface area (Å²) in [6.45, 7) is 13.7. The van der Waals surface area contributed by atoms with Crippen LogP contribution in [0, 0.1) is 10.8 Å². The van der Waals surface area contributed by atoms with Crippen LogP contribution in [0.15, 0.2) is 0 Å². The van der Waals surface area contributed by atoms with Crippen LogP contribution in [0.4, 0.5) is 0 Å². The van der Waals surface area contributed by atoms with Gasteiger partial charge < -0.3 is 24.6 Å². The smallest absolute Gasteiger partial charge is 0.309 e. The predicted octanol–water partition coefficient (Wildman–Crippen LogP) is 5.60. The van der Waals surface area contributed by atoms with Crippen molar-refractivity contribution in [3.63, 3.8) is 0 Å². The number of carbonyl (C=O) groups is 2. The van der Waals surface area contributed by atoms with E-state index in [1.807, 2.05) is 13.8 Å². The molecule has 0 aliphatic carbocycles. The van der Waals surface area contributed by atoms with Crippen LogP contribution >= 0.6 is 0 Å². The van der Waals surface area contributed by atoms with Crippen LogP contribution in [0.2, 0.25) is 0 Å². The Morgan fingerprint density at radius 3 is 1.53 bits per heavy atom. The maximum absolute atomic E-state index is 12.5. The van der Waals surface area contributed by atoms with Crippen molar-refractivity contribution < 1.29 is 28.9 Å². The number of unbranched alkanes of at least 4 members (excludes halogenated alkanes) is 7. The van der Waals surface area contributed by atoms with E-state index in [9.17, 15) is 9.59 Å². The Labute approximate surface area is 208 Å². The normalized spacial score (nSPS) is 12.1. The number of carboxylic acids is 1. The maximum atomic E-state index is 12.5. The first kappa shape index (κ1) is 32.8. The Morgan fingerprint density at radius 2 is 1.06 bits per heavy atom. The van der Waals surface area contributed by atoms with Gasteiger partial charge in [-0.3, -0.25) is 9.59 Å². The molecule has 0 bridgehead atoms. The largest absolute Gasteiger partial charge is 0.481 e. The van der Waals surface area contributed by atoms with E-state index >= 15 is 0 Å². The molecule has 0 unspecified atom stereocenters. The fourth-order valence-corrected chi connectivity index (χ4v) is 3.58. The summed E-state index contributed by atoms with van der Waals surface area (Å²) in [5.41, 5.74) is -0.969.